The van der Waals surface area contributed by atoms with Crippen molar-refractivity contribution in [1.29, 1.82) is 0 Å². The first-order valence-electron chi connectivity index (χ1n) is 14.0. The number of rotatable bonds is 14. The fourth-order valence-corrected chi connectivity index (χ4v) is 5.92. The van der Waals surface area contributed by atoms with E-state index in [2.05, 4.69) is 5.32 Å². The van der Waals surface area contributed by atoms with Gasteiger partial charge in [0.25, 0.3) is 10.0 Å². The van der Waals surface area contributed by atoms with Crippen molar-refractivity contribution in [3.05, 3.63) is 96.1 Å². The van der Waals surface area contributed by atoms with E-state index in [9.17, 15) is 18.0 Å². The number of aryl methyl sites for hydroxylation is 1. The Morgan fingerprint density at radius 1 is 0.800 bits per heavy atom. The van der Waals surface area contributed by atoms with Crippen molar-refractivity contribution in [3.8, 4) is 0 Å². The molecule has 1 N–H and O–H groups in total. The van der Waals surface area contributed by atoms with E-state index in [1.54, 1.807) is 35.2 Å². The molecule has 0 aliphatic heterocycles. The fourth-order valence-electron chi connectivity index (χ4n) is 4.48. The van der Waals surface area contributed by atoms with Gasteiger partial charge in [-0.2, -0.15) is 0 Å². The van der Waals surface area contributed by atoms with Crippen LogP contribution in [0.3, 0.4) is 0 Å². The van der Waals surface area contributed by atoms with Crippen LogP contribution in [0, 0.1) is 0 Å². The number of sulfonamides is 1. The van der Waals surface area contributed by atoms with Crippen molar-refractivity contribution < 1.29 is 18.0 Å². The van der Waals surface area contributed by atoms with Crippen molar-refractivity contribution >= 4 is 27.5 Å². The number of amides is 2. The maximum atomic E-state index is 14.0. The Morgan fingerprint density at radius 2 is 1.40 bits per heavy atom. The lowest BCUT2D eigenvalue weighted by atomic mass is 10.1. The lowest BCUT2D eigenvalue weighted by molar-refractivity contribution is -0.139. The first-order chi connectivity index (χ1) is 19.2. The van der Waals surface area contributed by atoms with Crippen molar-refractivity contribution in [2.24, 2.45) is 0 Å². The summed E-state index contributed by atoms with van der Waals surface area (Å²) in [6.07, 6.45) is 2.51. The number of benzene rings is 3. The van der Waals surface area contributed by atoms with Crippen LogP contribution in [0.2, 0.25) is 0 Å². The van der Waals surface area contributed by atoms with Gasteiger partial charge in [0.05, 0.1) is 10.6 Å². The maximum Gasteiger partial charge on any atom is 0.264 e. The Morgan fingerprint density at radius 3 is 1.95 bits per heavy atom. The Labute approximate surface area is 239 Å². The average Bonchev–Trinajstić information content (AvgIpc) is 2.98. The van der Waals surface area contributed by atoms with Crippen molar-refractivity contribution in [2.75, 3.05) is 17.4 Å². The van der Waals surface area contributed by atoms with Crippen LogP contribution in [0.25, 0.3) is 0 Å². The second kappa shape index (κ2) is 14.7. The fraction of sp³-hybridized carbons (Fsp3) is 0.375. The van der Waals surface area contributed by atoms with E-state index in [4.69, 9.17) is 0 Å². The largest absolute Gasteiger partial charge is 0.352 e. The quantitative estimate of drug-likeness (QED) is 0.292. The van der Waals surface area contributed by atoms with E-state index in [0.717, 1.165) is 28.3 Å². The zero-order valence-electron chi connectivity index (χ0n) is 23.9. The summed E-state index contributed by atoms with van der Waals surface area (Å²) in [5.74, 6) is -0.663. The zero-order chi connectivity index (χ0) is 29.1. The summed E-state index contributed by atoms with van der Waals surface area (Å²) in [5.41, 5.74) is 2.49. The summed E-state index contributed by atoms with van der Waals surface area (Å²) in [6.45, 7) is 7.66. The molecule has 0 unspecified atom stereocenters. The summed E-state index contributed by atoms with van der Waals surface area (Å²) in [4.78, 5) is 29.0. The summed E-state index contributed by atoms with van der Waals surface area (Å²) in [6, 6.07) is 24.3. The molecule has 0 heterocycles. The van der Waals surface area contributed by atoms with E-state index < -0.39 is 28.5 Å². The van der Waals surface area contributed by atoms with Crippen molar-refractivity contribution in [1.82, 2.24) is 10.2 Å². The normalized spacial score (nSPS) is 12.8. The lowest BCUT2D eigenvalue weighted by Crippen LogP contribution is -2.54. The molecule has 3 aromatic rings. The van der Waals surface area contributed by atoms with Gasteiger partial charge >= 0.3 is 0 Å². The van der Waals surface area contributed by atoms with E-state index in [-0.39, 0.29) is 23.4 Å². The molecule has 0 saturated heterocycles. The van der Waals surface area contributed by atoms with E-state index in [1.807, 2.05) is 70.2 Å². The Hall–Kier alpha value is -3.65. The Bertz CT molecular complexity index is 1330. The number of carbonyl (C=O) groups is 2. The minimum atomic E-state index is -4.06. The van der Waals surface area contributed by atoms with Gasteiger partial charge in [-0.25, -0.2) is 8.42 Å². The molecule has 0 aromatic heterocycles. The lowest BCUT2D eigenvalue weighted by Gasteiger charge is -2.33. The van der Waals surface area contributed by atoms with Gasteiger partial charge in [0, 0.05) is 12.6 Å². The number of nitrogens with zero attached hydrogens (tertiary/aromatic N) is 2. The second-order valence-corrected chi connectivity index (χ2v) is 11.8. The van der Waals surface area contributed by atoms with Gasteiger partial charge in [0.2, 0.25) is 11.8 Å². The van der Waals surface area contributed by atoms with E-state index in [0.29, 0.717) is 18.5 Å². The highest BCUT2D eigenvalue weighted by Gasteiger charge is 2.33. The molecule has 0 aliphatic rings. The summed E-state index contributed by atoms with van der Waals surface area (Å²) >= 11 is 0. The van der Waals surface area contributed by atoms with Gasteiger partial charge in [-0.05, 0) is 68.0 Å². The van der Waals surface area contributed by atoms with Gasteiger partial charge in [0.1, 0.15) is 12.6 Å². The molecule has 8 heteroatoms. The molecule has 0 saturated carbocycles. The number of nitrogens with one attached hydrogen (secondary N) is 1. The first-order valence-corrected chi connectivity index (χ1v) is 15.5. The Kier molecular flexibility index (Phi) is 11.3. The molecule has 0 radical (unpaired) electrons. The zero-order valence-corrected chi connectivity index (χ0v) is 24.7. The predicted octanol–water partition coefficient (Wildman–Crippen LogP) is 5.21. The van der Waals surface area contributed by atoms with Crippen LogP contribution in [0.15, 0.2) is 89.8 Å². The summed E-state index contributed by atoms with van der Waals surface area (Å²) < 4.78 is 28.9. The summed E-state index contributed by atoms with van der Waals surface area (Å²) in [5, 5.41) is 3.00. The number of anilines is 1. The number of carbonyl (C=O) groups excluding carboxylic acids is 2. The van der Waals surface area contributed by atoms with E-state index in [1.165, 1.54) is 12.1 Å². The number of hydrogen-bond donors (Lipinski definition) is 1. The molecule has 0 aliphatic carbocycles. The van der Waals surface area contributed by atoms with Crippen LogP contribution in [0.1, 0.15) is 51.7 Å². The SMILES string of the molecule is CCc1ccc(N(CC(=O)N(CCc2ccccc2)[C@H](CC)C(=O)N[C@@H](C)CC)S(=O)(=O)c2ccccc2)cc1. The molecule has 2 atom stereocenters. The third-order valence-corrected chi connectivity index (χ3v) is 8.90. The molecule has 3 aromatic carbocycles. The van der Waals surface area contributed by atoms with Crippen LogP contribution in [0.5, 0.6) is 0 Å². The van der Waals surface area contributed by atoms with Gasteiger partial charge < -0.3 is 10.2 Å². The van der Waals surface area contributed by atoms with Crippen LogP contribution in [-0.2, 0) is 32.5 Å². The van der Waals surface area contributed by atoms with Gasteiger partial charge in [-0.1, -0.05) is 81.4 Å². The first kappa shape index (κ1) is 30.9. The molecule has 7 nitrogen and oxygen atoms in total. The van der Waals surface area contributed by atoms with Crippen molar-refractivity contribution in [2.45, 2.75) is 70.4 Å². The van der Waals surface area contributed by atoms with Gasteiger partial charge in [-0.15, -0.1) is 0 Å². The molecule has 3 rings (SSSR count). The second-order valence-electron chi connectivity index (χ2n) is 9.91. The average molecular weight is 564 g/mol. The van der Waals surface area contributed by atoms with Crippen LogP contribution in [-0.4, -0.2) is 50.3 Å². The number of hydrogen-bond acceptors (Lipinski definition) is 4. The molecule has 2 amide bonds. The molecular weight excluding hydrogens is 522 g/mol. The topological polar surface area (TPSA) is 86.8 Å². The summed E-state index contributed by atoms with van der Waals surface area (Å²) in [7, 11) is -4.06. The van der Waals surface area contributed by atoms with Gasteiger partial charge in [0.15, 0.2) is 0 Å². The molecule has 214 valence electrons. The highest BCUT2D eigenvalue weighted by Crippen LogP contribution is 2.25. The predicted molar refractivity (Wildman–Crippen MR) is 161 cm³/mol. The minimum Gasteiger partial charge on any atom is -0.352 e. The minimum absolute atomic E-state index is 0.0420. The van der Waals surface area contributed by atoms with Crippen LogP contribution < -0.4 is 9.62 Å². The third-order valence-electron chi connectivity index (χ3n) is 7.11. The van der Waals surface area contributed by atoms with Gasteiger partial charge in [-0.3, -0.25) is 13.9 Å². The third kappa shape index (κ3) is 7.94. The molecule has 0 spiro atoms. The van der Waals surface area contributed by atoms with E-state index >= 15 is 0 Å². The molecule has 40 heavy (non-hydrogen) atoms. The maximum absolute atomic E-state index is 14.0. The molecule has 0 bridgehead atoms. The highest BCUT2D eigenvalue weighted by molar-refractivity contribution is 7.92. The van der Waals surface area contributed by atoms with Crippen molar-refractivity contribution in [3.63, 3.8) is 0 Å². The smallest absolute Gasteiger partial charge is 0.264 e. The van der Waals surface area contributed by atoms with Crippen LogP contribution in [0.4, 0.5) is 5.69 Å². The Balaban J connectivity index is 1.99. The molecular formula is C32H41N3O4S. The molecule has 0 fully saturated rings. The van der Waals surface area contributed by atoms with Crippen LogP contribution >= 0.6 is 0 Å². The highest BCUT2D eigenvalue weighted by atomic mass is 32.2. The monoisotopic (exact) mass is 563 g/mol. The standard InChI is InChI=1S/C32H41N3O4S/c1-5-25(4)33-32(37)30(7-3)34(23-22-27-14-10-8-11-15-27)31(36)24-35(28-20-18-26(6-2)19-21-28)40(38,39)29-16-12-9-13-17-29/h8-21,25,30H,5-7,22-24H2,1-4H3,(H,33,37)/t25-,30+/m0/s1.